The summed E-state index contributed by atoms with van der Waals surface area (Å²) in [6, 6.07) is 0. The van der Waals surface area contributed by atoms with Gasteiger partial charge in [0.15, 0.2) is 6.10 Å². The Balaban J connectivity index is 4.36. The van der Waals surface area contributed by atoms with Crippen LogP contribution in [0.25, 0.3) is 0 Å². The number of phosphoric acid groups is 1. The number of nitrogens with zero attached hydrogens (tertiary/aromatic N) is 1. The zero-order valence-electron chi connectivity index (χ0n) is 35.7. The third-order valence-corrected chi connectivity index (χ3v) is 10.4. The monoisotopic (exact) mass is 786 g/mol. The van der Waals surface area contributed by atoms with Crippen LogP contribution in [0.1, 0.15) is 194 Å². The molecule has 54 heavy (non-hydrogen) atoms. The first-order chi connectivity index (χ1) is 26.0. The standard InChI is InChI=1S/C44H84NO8P/c1-6-8-10-12-14-16-18-20-21-22-23-25-27-29-31-33-35-37-44(47)53-42(41-52-54(48,49)51-39-38-45(3,4)5)40-50-43(46)36-34-32-30-28-26-24-19-17-15-13-11-9-7-2/h14,16,20-21,42H,6-13,15,17-19,22-41H2,1-5H3/b16-14-,21-20-/t42-/m1/s1. The first kappa shape index (κ1) is 52.5. The molecule has 0 fully saturated rings. The molecule has 318 valence electrons. The average Bonchev–Trinajstić information content (AvgIpc) is 3.12. The number of carbonyl (C=O) groups is 2. The lowest BCUT2D eigenvalue weighted by molar-refractivity contribution is -0.870. The van der Waals surface area contributed by atoms with Crippen LogP contribution in [-0.4, -0.2) is 70.0 Å². The van der Waals surface area contributed by atoms with Crippen molar-refractivity contribution < 1.29 is 42.1 Å². The molecule has 0 spiro atoms. The van der Waals surface area contributed by atoms with E-state index >= 15 is 0 Å². The molecular formula is C44H84NO8P. The summed E-state index contributed by atoms with van der Waals surface area (Å²) in [6.07, 6.45) is 39.1. The van der Waals surface area contributed by atoms with Crippen molar-refractivity contribution in [1.82, 2.24) is 0 Å². The number of ether oxygens (including phenoxy) is 2. The van der Waals surface area contributed by atoms with Gasteiger partial charge in [-0.3, -0.25) is 14.2 Å². The molecule has 0 rings (SSSR count). The zero-order valence-corrected chi connectivity index (χ0v) is 36.6. The van der Waals surface area contributed by atoms with Crippen LogP contribution in [0.15, 0.2) is 24.3 Å². The van der Waals surface area contributed by atoms with Crippen LogP contribution in [0, 0.1) is 0 Å². The second-order valence-corrected chi connectivity index (χ2v) is 17.5. The fourth-order valence-electron chi connectivity index (χ4n) is 5.98. The fourth-order valence-corrected chi connectivity index (χ4v) is 6.71. The number of hydrogen-bond donors (Lipinski definition) is 0. The van der Waals surface area contributed by atoms with E-state index < -0.39 is 26.5 Å². The lowest BCUT2D eigenvalue weighted by Gasteiger charge is -2.28. The number of hydrogen-bond acceptors (Lipinski definition) is 8. The van der Waals surface area contributed by atoms with E-state index in [0.29, 0.717) is 17.4 Å². The minimum Gasteiger partial charge on any atom is -0.756 e. The quantitative estimate of drug-likeness (QED) is 0.0198. The van der Waals surface area contributed by atoms with Crippen molar-refractivity contribution in [3.63, 3.8) is 0 Å². The summed E-state index contributed by atoms with van der Waals surface area (Å²) in [5.74, 6) is -0.838. The van der Waals surface area contributed by atoms with Crippen LogP contribution in [0.4, 0.5) is 0 Å². The molecule has 0 heterocycles. The Morgan fingerprint density at radius 3 is 1.50 bits per heavy atom. The first-order valence-corrected chi connectivity index (χ1v) is 23.5. The largest absolute Gasteiger partial charge is 0.756 e. The van der Waals surface area contributed by atoms with Gasteiger partial charge in [0, 0.05) is 12.8 Å². The molecule has 0 bridgehead atoms. The lowest BCUT2D eigenvalue weighted by Crippen LogP contribution is -2.37. The molecule has 0 aliphatic carbocycles. The molecule has 9 nitrogen and oxygen atoms in total. The van der Waals surface area contributed by atoms with Crippen molar-refractivity contribution in [3.05, 3.63) is 24.3 Å². The van der Waals surface area contributed by atoms with Gasteiger partial charge in [0.05, 0.1) is 27.7 Å². The Hall–Kier alpha value is -1.51. The Labute approximate surface area is 332 Å². The molecule has 0 aromatic rings. The predicted molar refractivity (Wildman–Crippen MR) is 222 cm³/mol. The van der Waals surface area contributed by atoms with E-state index in [4.69, 9.17) is 18.5 Å². The van der Waals surface area contributed by atoms with Gasteiger partial charge in [-0.2, -0.15) is 0 Å². The number of likely N-dealkylation sites (N-methyl/N-ethyl adjacent to an activating group) is 1. The summed E-state index contributed by atoms with van der Waals surface area (Å²) in [6.45, 7) is 4.20. The van der Waals surface area contributed by atoms with Crippen molar-refractivity contribution in [3.8, 4) is 0 Å². The van der Waals surface area contributed by atoms with Gasteiger partial charge in [-0.25, -0.2) is 0 Å². The van der Waals surface area contributed by atoms with Crippen LogP contribution >= 0.6 is 7.82 Å². The molecule has 2 atom stereocenters. The number of quaternary nitrogens is 1. The summed E-state index contributed by atoms with van der Waals surface area (Å²) in [5, 5.41) is 0. The molecule has 0 aliphatic rings. The molecule has 10 heteroatoms. The highest BCUT2D eigenvalue weighted by Crippen LogP contribution is 2.38. The highest BCUT2D eigenvalue weighted by molar-refractivity contribution is 7.45. The van der Waals surface area contributed by atoms with Gasteiger partial charge < -0.3 is 27.9 Å². The highest BCUT2D eigenvalue weighted by atomic mass is 31.2. The fraction of sp³-hybridized carbons (Fsp3) is 0.864. The summed E-state index contributed by atoms with van der Waals surface area (Å²) in [4.78, 5) is 37.5. The second-order valence-electron chi connectivity index (χ2n) is 16.1. The maximum atomic E-state index is 12.7. The minimum atomic E-state index is -4.62. The molecule has 1 unspecified atom stereocenters. The van der Waals surface area contributed by atoms with Crippen molar-refractivity contribution in [2.24, 2.45) is 0 Å². The van der Waals surface area contributed by atoms with Gasteiger partial charge in [-0.05, 0) is 44.9 Å². The Morgan fingerprint density at radius 2 is 1.00 bits per heavy atom. The first-order valence-electron chi connectivity index (χ1n) is 22.0. The summed E-state index contributed by atoms with van der Waals surface area (Å²) < 4.78 is 33.9. The number of rotatable bonds is 40. The molecule has 0 aromatic heterocycles. The zero-order chi connectivity index (χ0) is 40.0. The summed E-state index contributed by atoms with van der Waals surface area (Å²) in [7, 11) is 1.16. The number of allylic oxidation sites excluding steroid dienone is 4. The number of unbranched alkanes of at least 4 members (excludes halogenated alkanes) is 22. The van der Waals surface area contributed by atoms with E-state index in [-0.39, 0.29) is 32.0 Å². The van der Waals surface area contributed by atoms with Gasteiger partial charge in [0.2, 0.25) is 0 Å². The minimum absolute atomic E-state index is 0.0307. The van der Waals surface area contributed by atoms with Crippen molar-refractivity contribution >= 4 is 19.8 Å². The summed E-state index contributed by atoms with van der Waals surface area (Å²) >= 11 is 0. The van der Waals surface area contributed by atoms with Crippen molar-refractivity contribution in [2.45, 2.75) is 200 Å². The molecule has 0 amide bonds. The van der Waals surface area contributed by atoms with E-state index in [1.165, 1.54) is 109 Å². The molecule has 0 N–H and O–H groups in total. The molecule has 0 saturated heterocycles. The van der Waals surface area contributed by atoms with Crippen molar-refractivity contribution in [1.29, 1.82) is 0 Å². The third kappa shape index (κ3) is 40.2. The maximum Gasteiger partial charge on any atom is 0.306 e. The van der Waals surface area contributed by atoms with Gasteiger partial charge in [-0.15, -0.1) is 0 Å². The Morgan fingerprint density at radius 1 is 0.574 bits per heavy atom. The van der Waals surface area contributed by atoms with Gasteiger partial charge >= 0.3 is 11.9 Å². The third-order valence-electron chi connectivity index (χ3n) is 9.47. The number of esters is 2. The van der Waals surface area contributed by atoms with Gasteiger partial charge in [0.1, 0.15) is 19.8 Å². The van der Waals surface area contributed by atoms with E-state index in [1.54, 1.807) is 0 Å². The van der Waals surface area contributed by atoms with E-state index in [2.05, 4.69) is 38.2 Å². The van der Waals surface area contributed by atoms with E-state index in [9.17, 15) is 19.0 Å². The normalized spacial score (nSPS) is 13.8. The van der Waals surface area contributed by atoms with Crippen LogP contribution < -0.4 is 4.89 Å². The molecule has 0 saturated carbocycles. The van der Waals surface area contributed by atoms with E-state index in [1.807, 2.05) is 21.1 Å². The van der Waals surface area contributed by atoms with Crippen LogP contribution in [-0.2, 0) is 32.7 Å². The SMILES string of the molecule is CCCCC/C=C\C/C=C\CCCCCCCCCC(=O)O[C@H](COC(=O)CCCCCCCCCCCCCCC)COP(=O)([O-])OCC[N+](C)(C)C. The van der Waals surface area contributed by atoms with Gasteiger partial charge in [0.25, 0.3) is 7.82 Å². The van der Waals surface area contributed by atoms with Crippen LogP contribution in [0.3, 0.4) is 0 Å². The number of carbonyl (C=O) groups excluding carboxylic acids is 2. The van der Waals surface area contributed by atoms with E-state index in [0.717, 1.165) is 51.4 Å². The maximum absolute atomic E-state index is 12.7. The molecule has 0 aliphatic heterocycles. The van der Waals surface area contributed by atoms with Gasteiger partial charge in [-0.1, -0.05) is 160 Å². The Bertz CT molecular complexity index is 980. The smallest absolute Gasteiger partial charge is 0.306 e. The second kappa shape index (κ2) is 37.1. The predicted octanol–water partition coefficient (Wildman–Crippen LogP) is 11.7. The topological polar surface area (TPSA) is 111 Å². The number of phosphoric ester groups is 1. The average molecular weight is 786 g/mol. The summed E-state index contributed by atoms with van der Waals surface area (Å²) in [5.41, 5.74) is 0. The molecular weight excluding hydrogens is 701 g/mol. The van der Waals surface area contributed by atoms with Crippen LogP contribution in [0.5, 0.6) is 0 Å². The molecule has 0 radical (unpaired) electrons. The van der Waals surface area contributed by atoms with Crippen molar-refractivity contribution in [2.75, 3.05) is 47.5 Å². The lowest BCUT2D eigenvalue weighted by atomic mass is 10.0. The highest BCUT2D eigenvalue weighted by Gasteiger charge is 2.21. The van der Waals surface area contributed by atoms with Crippen LogP contribution in [0.2, 0.25) is 0 Å². The molecule has 0 aromatic carbocycles. The Kier molecular flexibility index (Phi) is 36.1.